The fourth-order valence-corrected chi connectivity index (χ4v) is 4.62. The second-order valence-corrected chi connectivity index (χ2v) is 8.62. The summed E-state index contributed by atoms with van der Waals surface area (Å²) >= 11 is 6.11. The zero-order valence-corrected chi connectivity index (χ0v) is 18.5. The summed E-state index contributed by atoms with van der Waals surface area (Å²) in [4.78, 5) is 25.2. The first kappa shape index (κ1) is 23.4. The van der Waals surface area contributed by atoms with Crippen LogP contribution in [0.4, 0.5) is 0 Å². The van der Waals surface area contributed by atoms with E-state index in [1.165, 1.54) is 12.0 Å². The fourth-order valence-electron chi connectivity index (χ4n) is 4.49. The Balaban J connectivity index is 2.33. The lowest BCUT2D eigenvalue weighted by Crippen LogP contribution is -2.55. The molecule has 1 aromatic carbocycles. The van der Waals surface area contributed by atoms with E-state index in [0.29, 0.717) is 19.3 Å². The van der Waals surface area contributed by atoms with Gasteiger partial charge < -0.3 is 14.7 Å². The molecule has 1 aliphatic rings. The second kappa shape index (κ2) is 9.77. The van der Waals surface area contributed by atoms with E-state index in [9.17, 15) is 9.59 Å². The highest BCUT2D eigenvalue weighted by Crippen LogP contribution is 2.50. The fraction of sp³-hybridized carbons (Fsp3) is 0.565. The lowest BCUT2D eigenvalue weighted by molar-refractivity contribution is -0.158. The molecule has 0 aromatic heterocycles. The average Bonchev–Trinajstić information content (AvgIpc) is 2.65. The van der Waals surface area contributed by atoms with Crippen LogP contribution in [0.15, 0.2) is 36.4 Å². The molecule has 1 aromatic rings. The number of likely N-dealkylation sites (N-methyl/N-ethyl adjacent to an activating group) is 1. The van der Waals surface area contributed by atoms with Crippen molar-refractivity contribution < 1.29 is 19.4 Å². The van der Waals surface area contributed by atoms with Gasteiger partial charge in [-0.2, -0.15) is 0 Å². The third-order valence-corrected chi connectivity index (χ3v) is 6.71. The van der Waals surface area contributed by atoms with Crippen molar-refractivity contribution >= 4 is 23.5 Å². The molecule has 0 amide bonds. The average molecular weight is 422 g/mol. The Labute approximate surface area is 178 Å². The molecule has 2 rings (SSSR count). The van der Waals surface area contributed by atoms with Gasteiger partial charge in [-0.3, -0.25) is 0 Å². The maximum absolute atomic E-state index is 12.3. The van der Waals surface area contributed by atoms with E-state index in [1.54, 1.807) is 0 Å². The van der Waals surface area contributed by atoms with E-state index in [0.717, 1.165) is 30.0 Å². The predicted molar refractivity (Wildman–Crippen MR) is 115 cm³/mol. The monoisotopic (exact) mass is 421 g/mol. The zero-order valence-electron chi connectivity index (χ0n) is 17.8. The van der Waals surface area contributed by atoms with E-state index < -0.39 is 17.5 Å². The summed E-state index contributed by atoms with van der Waals surface area (Å²) in [6, 6.07) is 8.27. The number of benzene rings is 1. The molecule has 29 heavy (non-hydrogen) atoms. The Hall–Kier alpha value is -1.85. The minimum Gasteiger partial charge on any atom is -0.478 e. The number of nitrogens with zero attached hydrogens (tertiary/aromatic N) is 1. The molecule has 0 saturated heterocycles. The quantitative estimate of drug-likeness (QED) is 0.433. The third-order valence-electron chi connectivity index (χ3n) is 6.46. The van der Waals surface area contributed by atoms with Crippen molar-refractivity contribution in [3.63, 3.8) is 0 Å². The van der Waals surface area contributed by atoms with Crippen LogP contribution in [0.3, 0.4) is 0 Å². The molecule has 1 fully saturated rings. The van der Waals surface area contributed by atoms with E-state index in [-0.39, 0.29) is 11.5 Å². The van der Waals surface area contributed by atoms with E-state index in [4.69, 9.17) is 21.4 Å². The minimum absolute atomic E-state index is 0.00695. The third kappa shape index (κ3) is 5.40. The van der Waals surface area contributed by atoms with Crippen molar-refractivity contribution in [3.8, 4) is 0 Å². The molecule has 5 nitrogen and oxygen atoms in total. The Morgan fingerprint density at radius 1 is 1.21 bits per heavy atom. The van der Waals surface area contributed by atoms with Gasteiger partial charge >= 0.3 is 11.9 Å². The van der Waals surface area contributed by atoms with Crippen LogP contribution < -0.4 is 0 Å². The molecule has 1 saturated carbocycles. The molecule has 160 valence electrons. The van der Waals surface area contributed by atoms with Crippen LogP contribution in [0.1, 0.15) is 57.9 Å². The van der Waals surface area contributed by atoms with Gasteiger partial charge in [0, 0.05) is 35.1 Å². The number of carboxylic acid groups (broad SMARTS) is 1. The molecule has 1 aliphatic carbocycles. The Bertz CT molecular complexity index is 734. The van der Waals surface area contributed by atoms with Crippen LogP contribution >= 0.6 is 11.6 Å². The standard InChI is InChI=1S/C23H32ClNO4/c1-5-22(6-2,29-21(28)13-12-20(26)27)16-19(25(3)4)23(14-7-15-23)17-8-10-18(24)11-9-17/h8-13,19H,5-7,14-16H2,1-4H3,(H,26,27). The van der Waals surface area contributed by atoms with Gasteiger partial charge in [-0.1, -0.05) is 44.0 Å². The van der Waals surface area contributed by atoms with Crippen LogP contribution in [0.2, 0.25) is 5.02 Å². The van der Waals surface area contributed by atoms with Crippen LogP contribution in [0.25, 0.3) is 0 Å². The number of halogens is 1. The van der Waals surface area contributed by atoms with Gasteiger partial charge in [0.25, 0.3) is 0 Å². The second-order valence-electron chi connectivity index (χ2n) is 8.18. The zero-order chi connectivity index (χ0) is 21.7. The van der Waals surface area contributed by atoms with Crippen LogP contribution in [0, 0.1) is 0 Å². The minimum atomic E-state index is -1.16. The smallest absolute Gasteiger partial charge is 0.331 e. The van der Waals surface area contributed by atoms with Crippen molar-refractivity contribution in [2.45, 2.75) is 69.4 Å². The molecule has 0 aliphatic heterocycles. The van der Waals surface area contributed by atoms with Crippen molar-refractivity contribution in [1.82, 2.24) is 4.90 Å². The lowest BCUT2D eigenvalue weighted by Gasteiger charge is -2.53. The molecule has 0 bridgehead atoms. The Morgan fingerprint density at radius 2 is 1.79 bits per heavy atom. The summed E-state index contributed by atoms with van der Waals surface area (Å²) in [6.07, 6.45) is 7.14. The number of ether oxygens (including phenoxy) is 1. The number of aliphatic carboxylic acids is 1. The van der Waals surface area contributed by atoms with Gasteiger partial charge in [0.05, 0.1) is 0 Å². The SMILES string of the molecule is CCC(CC)(CC(N(C)C)C1(c2ccc(Cl)cc2)CCC1)OC(=O)C=CC(=O)O. The van der Waals surface area contributed by atoms with Crippen molar-refractivity contribution in [1.29, 1.82) is 0 Å². The summed E-state index contributed by atoms with van der Waals surface area (Å²) in [5.74, 6) is -1.77. The highest BCUT2D eigenvalue weighted by Gasteiger charge is 2.49. The number of rotatable bonds is 10. The molecule has 0 spiro atoms. The van der Waals surface area contributed by atoms with Gasteiger partial charge in [-0.25, -0.2) is 9.59 Å². The molecule has 6 heteroatoms. The van der Waals surface area contributed by atoms with Crippen molar-refractivity contribution in [2.75, 3.05) is 14.1 Å². The van der Waals surface area contributed by atoms with Crippen molar-refractivity contribution in [3.05, 3.63) is 47.0 Å². The first-order valence-corrected chi connectivity index (χ1v) is 10.6. The normalized spacial score (nSPS) is 17.2. The molecular weight excluding hydrogens is 390 g/mol. The largest absolute Gasteiger partial charge is 0.478 e. The predicted octanol–water partition coefficient (Wildman–Crippen LogP) is 4.82. The Morgan fingerprint density at radius 3 is 2.21 bits per heavy atom. The van der Waals surface area contributed by atoms with Crippen LogP contribution in [-0.4, -0.2) is 47.7 Å². The topological polar surface area (TPSA) is 66.8 Å². The van der Waals surface area contributed by atoms with Crippen molar-refractivity contribution in [2.24, 2.45) is 0 Å². The number of esters is 1. The molecule has 1 atom stereocenters. The number of hydrogen-bond donors (Lipinski definition) is 1. The van der Waals surface area contributed by atoms with E-state index in [1.807, 2.05) is 26.0 Å². The van der Waals surface area contributed by atoms with E-state index >= 15 is 0 Å². The van der Waals surface area contributed by atoms with Crippen LogP contribution in [0.5, 0.6) is 0 Å². The summed E-state index contributed by atoms with van der Waals surface area (Å²) in [6.45, 7) is 4.03. The summed E-state index contributed by atoms with van der Waals surface area (Å²) in [5.41, 5.74) is 0.613. The van der Waals surface area contributed by atoms with Crippen LogP contribution in [-0.2, 0) is 19.7 Å². The molecule has 1 unspecified atom stereocenters. The summed E-state index contributed by atoms with van der Waals surface area (Å²) < 4.78 is 5.85. The maximum Gasteiger partial charge on any atom is 0.331 e. The first-order valence-electron chi connectivity index (χ1n) is 10.2. The highest BCUT2D eigenvalue weighted by molar-refractivity contribution is 6.30. The highest BCUT2D eigenvalue weighted by atomic mass is 35.5. The molecule has 1 N–H and O–H groups in total. The van der Waals surface area contributed by atoms with Gasteiger partial charge in [-0.15, -0.1) is 0 Å². The molecule has 0 radical (unpaired) electrons. The van der Waals surface area contributed by atoms with Gasteiger partial charge in [0.2, 0.25) is 0 Å². The lowest BCUT2D eigenvalue weighted by atomic mass is 9.58. The van der Waals surface area contributed by atoms with Gasteiger partial charge in [0.15, 0.2) is 0 Å². The van der Waals surface area contributed by atoms with Gasteiger partial charge in [0.1, 0.15) is 5.60 Å². The number of carbonyl (C=O) groups excluding carboxylic acids is 1. The van der Waals surface area contributed by atoms with E-state index in [2.05, 4.69) is 31.1 Å². The Kier molecular flexibility index (Phi) is 7.89. The maximum atomic E-state index is 12.3. The molecule has 0 heterocycles. The van der Waals surface area contributed by atoms with Gasteiger partial charge in [-0.05, 0) is 57.5 Å². The summed E-state index contributed by atoms with van der Waals surface area (Å²) in [7, 11) is 4.14. The number of hydrogen-bond acceptors (Lipinski definition) is 4. The molecular formula is C23H32ClNO4. The first-order chi connectivity index (χ1) is 13.7. The summed E-state index contributed by atoms with van der Waals surface area (Å²) in [5, 5.41) is 9.50. The number of carboxylic acids is 1. The number of carbonyl (C=O) groups is 2.